The van der Waals surface area contributed by atoms with Crippen molar-refractivity contribution in [3.63, 3.8) is 0 Å². The van der Waals surface area contributed by atoms with E-state index in [0.717, 1.165) is 17.7 Å². The van der Waals surface area contributed by atoms with Crippen LogP contribution in [0.5, 0.6) is 0 Å². The minimum absolute atomic E-state index is 0.0222. The molecule has 0 unspecified atom stereocenters. The maximum atomic E-state index is 12.1. The summed E-state index contributed by atoms with van der Waals surface area (Å²) in [7, 11) is -3.28. The van der Waals surface area contributed by atoms with Crippen molar-refractivity contribution in [2.45, 2.75) is 50.9 Å². The van der Waals surface area contributed by atoms with Crippen molar-refractivity contribution in [3.8, 4) is 0 Å². The summed E-state index contributed by atoms with van der Waals surface area (Å²) in [4.78, 5) is 0. The third-order valence-corrected chi connectivity index (χ3v) is 6.39. The van der Waals surface area contributed by atoms with Crippen molar-refractivity contribution >= 4 is 27.5 Å². The van der Waals surface area contributed by atoms with Gasteiger partial charge in [0, 0.05) is 17.8 Å². The first-order chi connectivity index (χ1) is 10.5. The molecule has 1 aromatic carbocycles. The van der Waals surface area contributed by atoms with Crippen LogP contribution >= 0.6 is 11.8 Å². The zero-order valence-electron chi connectivity index (χ0n) is 13.3. The Morgan fingerprint density at radius 2 is 2.05 bits per heavy atom. The van der Waals surface area contributed by atoms with Gasteiger partial charge in [-0.25, -0.2) is 13.1 Å². The van der Waals surface area contributed by atoms with Gasteiger partial charge in [-0.1, -0.05) is 19.1 Å². The fraction of sp³-hybridized carbons (Fsp3) is 0.625. The summed E-state index contributed by atoms with van der Waals surface area (Å²) >= 11 is 2.00. The topological polar surface area (TPSA) is 58.2 Å². The molecule has 0 spiro atoms. The van der Waals surface area contributed by atoms with Gasteiger partial charge in [-0.15, -0.1) is 0 Å². The summed E-state index contributed by atoms with van der Waals surface area (Å²) in [6.45, 7) is 3.86. The Morgan fingerprint density at radius 1 is 1.32 bits per heavy atom. The van der Waals surface area contributed by atoms with Crippen LogP contribution in [0.1, 0.15) is 38.7 Å². The Kier molecular flexibility index (Phi) is 6.59. The van der Waals surface area contributed by atoms with Gasteiger partial charge in [0.25, 0.3) is 0 Å². The molecule has 0 bridgehead atoms. The zero-order chi connectivity index (χ0) is 16.0. The average Bonchev–Trinajstić information content (AvgIpc) is 2.47. The van der Waals surface area contributed by atoms with Crippen LogP contribution in [-0.2, 0) is 15.8 Å². The van der Waals surface area contributed by atoms with Gasteiger partial charge in [-0.2, -0.15) is 11.8 Å². The minimum Gasteiger partial charge on any atom is -0.382 e. The number of benzene rings is 1. The number of hydrogen-bond acceptors (Lipinski definition) is 4. The van der Waals surface area contributed by atoms with Crippen LogP contribution in [0.4, 0.5) is 5.69 Å². The molecule has 124 valence electrons. The molecule has 4 nitrogen and oxygen atoms in total. The van der Waals surface area contributed by atoms with Gasteiger partial charge in [-0.05, 0) is 55.4 Å². The highest BCUT2D eigenvalue weighted by Crippen LogP contribution is 2.22. The summed E-state index contributed by atoms with van der Waals surface area (Å²) in [5, 5.41) is 3.53. The number of rotatable bonds is 7. The summed E-state index contributed by atoms with van der Waals surface area (Å²) < 4.78 is 27.0. The molecule has 1 saturated heterocycles. The molecule has 1 fully saturated rings. The first-order valence-electron chi connectivity index (χ1n) is 7.91. The molecular weight excluding hydrogens is 316 g/mol. The Hall–Kier alpha value is -0.720. The Labute approximate surface area is 138 Å². The van der Waals surface area contributed by atoms with Crippen LogP contribution in [0.3, 0.4) is 0 Å². The van der Waals surface area contributed by atoms with Crippen LogP contribution in [0, 0.1) is 0 Å². The molecule has 0 radical (unpaired) electrons. The van der Waals surface area contributed by atoms with Gasteiger partial charge in [0.05, 0.1) is 5.75 Å². The number of anilines is 1. The fourth-order valence-corrected chi connectivity index (χ4v) is 5.07. The summed E-state index contributed by atoms with van der Waals surface area (Å²) in [6.07, 6.45) is 3.13. The first-order valence-corrected chi connectivity index (χ1v) is 10.7. The quantitative estimate of drug-likeness (QED) is 0.799. The second-order valence-electron chi connectivity index (χ2n) is 5.92. The van der Waals surface area contributed by atoms with E-state index in [-0.39, 0.29) is 11.8 Å². The zero-order valence-corrected chi connectivity index (χ0v) is 15.0. The smallest absolute Gasteiger partial charge is 0.216 e. The second kappa shape index (κ2) is 8.22. The summed E-state index contributed by atoms with van der Waals surface area (Å²) in [5.41, 5.74) is 1.85. The third kappa shape index (κ3) is 5.82. The lowest BCUT2D eigenvalue weighted by Crippen LogP contribution is -2.33. The standard InChI is InChI=1S/C16H26N2O2S2/c1-3-13(2)18-22(19,20)12-14-5-4-6-16(11-14)17-15-7-9-21-10-8-15/h4-6,11,13,15,17-18H,3,7-10,12H2,1-2H3/t13-/m0/s1. The largest absolute Gasteiger partial charge is 0.382 e. The van der Waals surface area contributed by atoms with E-state index in [2.05, 4.69) is 10.0 Å². The monoisotopic (exact) mass is 342 g/mol. The van der Waals surface area contributed by atoms with Crippen LogP contribution < -0.4 is 10.0 Å². The minimum atomic E-state index is -3.28. The van der Waals surface area contributed by atoms with Crippen LogP contribution in [0.2, 0.25) is 0 Å². The van der Waals surface area contributed by atoms with Gasteiger partial charge < -0.3 is 5.32 Å². The van der Waals surface area contributed by atoms with E-state index in [1.165, 1.54) is 24.3 Å². The van der Waals surface area contributed by atoms with E-state index in [1.807, 2.05) is 49.9 Å². The van der Waals surface area contributed by atoms with Gasteiger partial charge in [0.1, 0.15) is 0 Å². The van der Waals surface area contributed by atoms with E-state index in [4.69, 9.17) is 0 Å². The molecule has 6 heteroatoms. The molecule has 2 N–H and O–H groups in total. The Morgan fingerprint density at radius 3 is 2.73 bits per heavy atom. The highest BCUT2D eigenvalue weighted by Gasteiger charge is 2.16. The molecule has 2 rings (SSSR count). The molecule has 1 aliphatic heterocycles. The third-order valence-electron chi connectivity index (χ3n) is 3.87. The average molecular weight is 343 g/mol. The molecule has 1 atom stereocenters. The molecule has 0 aliphatic carbocycles. The van der Waals surface area contributed by atoms with Crippen molar-refractivity contribution in [1.29, 1.82) is 0 Å². The van der Waals surface area contributed by atoms with Gasteiger partial charge in [-0.3, -0.25) is 0 Å². The lowest BCUT2D eigenvalue weighted by molar-refractivity contribution is 0.555. The van der Waals surface area contributed by atoms with Gasteiger partial charge >= 0.3 is 0 Å². The normalized spacial score (nSPS) is 18.1. The van der Waals surface area contributed by atoms with Crippen molar-refractivity contribution < 1.29 is 8.42 Å². The lowest BCUT2D eigenvalue weighted by atomic mass is 10.1. The predicted molar refractivity (Wildman–Crippen MR) is 95.9 cm³/mol. The molecule has 1 aliphatic rings. The molecular formula is C16H26N2O2S2. The van der Waals surface area contributed by atoms with E-state index >= 15 is 0 Å². The van der Waals surface area contributed by atoms with Crippen molar-refractivity contribution in [3.05, 3.63) is 29.8 Å². The number of thioether (sulfide) groups is 1. The highest BCUT2D eigenvalue weighted by molar-refractivity contribution is 7.99. The molecule has 1 aromatic rings. The van der Waals surface area contributed by atoms with Gasteiger partial charge in [0.2, 0.25) is 10.0 Å². The fourth-order valence-electron chi connectivity index (χ4n) is 2.48. The number of sulfonamides is 1. The van der Waals surface area contributed by atoms with E-state index in [9.17, 15) is 8.42 Å². The van der Waals surface area contributed by atoms with Crippen LogP contribution in [0.25, 0.3) is 0 Å². The number of hydrogen-bond donors (Lipinski definition) is 2. The summed E-state index contributed by atoms with van der Waals surface area (Å²) in [6, 6.07) is 8.25. The number of nitrogens with one attached hydrogen (secondary N) is 2. The van der Waals surface area contributed by atoms with Gasteiger partial charge in [0.15, 0.2) is 0 Å². The molecule has 0 saturated carbocycles. The van der Waals surface area contributed by atoms with Crippen molar-refractivity contribution in [1.82, 2.24) is 4.72 Å². The Balaban J connectivity index is 1.98. The van der Waals surface area contributed by atoms with E-state index in [1.54, 1.807) is 0 Å². The predicted octanol–water partition coefficient (Wildman–Crippen LogP) is 3.21. The molecule has 22 heavy (non-hydrogen) atoms. The highest BCUT2D eigenvalue weighted by atomic mass is 32.2. The second-order valence-corrected chi connectivity index (χ2v) is 8.90. The summed E-state index contributed by atoms with van der Waals surface area (Å²) in [5.74, 6) is 2.43. The molecule has 0 amide bonds. The van der Waals surface area contributed by atoms with E-state index < -0.39 is 10.0 Å². The molecule has 1 heterocycles. The SMILES string of the molecule is CC[C@H](C)NS(=O)(=O)Cc1cccc(NC2CCSCC2)c1. The maximum Gasteiger partial charge on any atom is 0.216 e. The van der Waals surface area contributed by atoms with Crippen LogP contribution in [0.15, 0.2) is 24.3 Å². The maximum absolute atomic E-state index is 12.1. The van der Waals surface area contributed by atoms with Crippen LogP contribution in [-0.4, -0.2) is 32.0 Å². The van der Waals surface area contributed by atoms with Crippen molar-refractivity contribution in [2.24, 2.45) is 0 Å². The first kappa shape index (κ1) is 17.6. The lowest BCUT2D eigenvalue weighted by Gasteiger charge is -2.23. The van der Waals surface area contributed by atoms with E-state index in [0.29, 0.717) is 6.04 Å². The molecule has 0 aromatic heterocycles. The Bertz CT molecular complexity index is 569. The van der Waals surface area contributed by atoms with Crippen molar-refractivity contribution in [2.75, 3.05) is 16.8 Å².